The van der Waals surface area contributed by atoms with Crippen molar-refractivity contribution in [1.82, 2.24) is 4.98 Å². The van der Waals surface area contributed by atoms with Gasteiger partial charge in [-0.25, -0.2) is 0 Å². The number of anilines is 1. The maximum absolute atomic E-state index is 12.3. The molecular formula is C17H28N2O2. The first-order chi connectivity index (χ1) is 10.0. The zero-order chi connectivity index (χ0) is 15.3. The van der Waals surface area contributed by atoms with Crippen LogP contribution in [0.3, 0.4) is 0 Å². The molecule has 1 heterocycles. The van der Waals surface area contributed by atoms with Crippen LogP contribution in [-0.4, -0.2) is 10.9 Å². The van der Waals surface area contributed by atoms with Crippen LogP contribution >= 0.6 is 0 Å². The van der Waals surface area contributed by atoms with Crippen molar-refractivity contribution in [2.45, 2.75) is 78.1 Å². The molecule has 0 bridgehead atoms. The minimum absolute atomic E-state index is 0.00649. The van der Waals surface area contributed by atoms with Crippen LogP contribution in [0.15, 0.2) is 10.7 Å². The van der Waals surface area contributed by atoms with Crippen LogP contribution in [0.1, 0.15) is 83.7 Å². The summed E-state index contributed by atoms with van der Waals surface area (Å²) in [5.41, 5.74) is 0.617. The van der Waals surface area contributed by atoms with Gasteiger partial charge in [0.2, 0.25) is 5.91 Å². The number of rotatable bonds is 6. The third-order valence-corrected chi connectivity index (χ3v) is 4.54. The number of carbonyl (C=O) groups is 1. The van der Waals surface area contributed by atoms with Crippen LogP contribution in [0, 0.1) is 5.41 Å². The Hall–Kier alpha value is -1.32. The van der Waals surface area contributed by atoms with Gasteiger partial charge in [0.15, 0.2) is 0 Å². The maximum atomic E-state index is 12.3. The van der Waals surface area contributed by atoms with Gasteiger partial charge in [0.25, 0.3) is 0 Å². The van der Waals surface area contributed by atoms with E-state index in [-0.39, 0.29) is 11.3 Å². The minimum Gasteiger partial charge on any atom is -0.432 e. The van der Waals surface area contributed by atoms with Crippen molar-refractivity contribution in [3.05, 3.63) is 12.0 Å². The van der Waals surface area contributed by atoms with Gasteiger partial charge in [-0.3, -0.25) is 10.1 Å². The van der Waals surface area contributed by atoms with Crippen molar-refractivity contribution in [3.63, 3.8) is 0 Å². The van der Waals surface area contributed by atoms with Crippen molar-refractivity contribution in [3.8, 4) is 0 Å². The quantitative estimate of drug-likeness (QED) is 0.813. The third kappa shape index (κ3) is 4.32. The van der Waals surface area contributed by atoms with Gasteiger partial charge in [-0.15, -0.1) is 0 Å². The summed E-state index contributed by atoms with van der Waals surface area (Å²) in [7, 11) is 0. The summed E-state index contributed by atoms with van der Waals surface area (Å²) in [5, 5.41) is 2.83. The summed E-state index contributed by atoms with van der Waals surface area (Å²) in [5.74, 6) is 0.495. The molecule has 118 valence electrons. The number of carbonyl (C=O) groups excluding carboxylic acids is 1. The van der Waals surface area contributed by atoms with E-state index in [1.165, 1.54) is 32.1 Å². The second kappa shape index (κ2) is 7.10. The summed E-state index contributed by atoms with van der Waals surface area (Å²) >= 11 is 0. The monoisotopic (exact) mass is 292 g/mol. The van der Waals surface area contributed by atoms with Crippen LogP contribution in [0.5, 0.6) is 0 Å². The highest BCUT2D eigenvalue weighted by atomic mass is 16.4. The first-order valence-electron chi connectivity index (χ1n) is 8.30. The highest BCUT2D eigenvalue weighted by molar-refractivity contribution is 5.93. The fourth-order valence-corrected chi connectivity index (χ4v) is 2.93. The standard InChI is InChI=1S/C17H28N2O2/c1-4-5-11-17(2,3)15(20)19-16-18-14(12-21-16)13-9-7-6-8-10-13/h12-13H,4-11H2,1-3H3,(H,18,19,20). The molecule has 0 radical (unpaired) electrons. The van der Waals surface area contributed by atoms with Gasteiger partial charge >= 0.3 is 6.01 Å². The Labute approximate surface area is 127 Å². The van der Waals surface area contributed by atoms with E-state index in [0.29, 0.717) is 11.9 Å². The number of nitrogens with zero attached hydrogens (tertiary/aromatic N) is 1. The summed E-state index contributed by atoms with van der Waals surface area (Å²) in [4.78, 5) is 16.8. The predicted octanol–water partition coefficient (Wildman–Crippen LogP) is 4.88. The summed E-state index contributed by atoms with van der Waals surface area (Å²) < 4.78 is 5.45. The first-order valence-corrected chi connectivity index (χ1v) is 8.30. The first kappa shape index (κ1) is 16.1. The minimum atomic E-state index is -0.379. The van der Waals surface area contributed by atoms with Gasteiger partial charge in [0.1, 0.15) is 6.26 Å². The molecule has 1 amide bonds. The van der Waals surface area contributed by atoms with E-state index in [9.17, 15) is 4.79 Å². The molecule has 1 saturated carbocycles. The number of aromatic nitrogens is 1. The van der Waals surface area contributed by atoms with Crippen LogP contribution in [0.2, 0.25) is 0 Å². The van der Waals surface area contributed by atoms with Crippen molar-refractivity contribution in [2.24, 2.45) is 5.41 Å². The third-order valence-electron chi connectivity index (χ3n) is 4.54. The zero-order valence-electron chi connectivity index (χ0n) is 13.6. The zero-order valence-corrected chi connectivity index (χ0v) is 13.6. The predicted molar refractivity (Wildman–Crippen MR) is 84.3 cm³/mol. The van der Waals surface area contributed by atoms with Crippen LogP contribution in [-0.2, 0) is 4.79 Å². The highest BCUT2D eigenvalue weighted by Crippen LogP contribution is 2.33. The van der Waals surface area contributed by atoms with Gasteiger partial charge in [0.05, 0.1) is 5.69 Å². The Balaban J connectivity index is 1.93. The molecule has 0 saturated heterocycles. The Morgan fingerprint density at radius 3 is 2.76 bits per heavy atom. The molecule has 1 aliphatic rings. The molecule has 0 aromatic carbocycles. The Kier molecular flexibility index (Phi) is 5.43. The molecule has 1 fully saturated rings. The lowest BCUT2D eigenvalue weighted by molar-refractivity contribution is -0.124. The molecule has 0 atom stereocenters. The molecule has 1 aliphatic carbocycles. The fraction of sp³-hybridized carbons (Fsp3) is 0.765. The lowest BCUT2D eigenvalue weighted by atomic mass is 9.86. The number of amides is 1. The number of oxazole rings is 1. The molecule has 0 unspecified atom stereocenters. The normalized spacial score (nSPS) is 16.9. The largest absolute Gasteiger partial charge is 0.432 e. The fourth-order valence-electron chi connectivity index (χ4n) is 2.93. The van der Waals surface area contributed by atoms with Crippen LogP contribution in [0.4, 0.5) is 6.01 Å². The van der Waals surface area contributed by atoms with Crippen molar-refractivity contribution in [1.29, 1.82) is 0 Å². The second-order valence-electron chi connectivity index (χ2n) is 6.85. The topological polar surface area (TPSA) is 55.1 Å². The number of hydrogen-bond acceptors (Lipinski definition) is 3. The lowest BCUT2D eigenvalue weighted by Gasteiger charge is -2.22. The summed E-state index contributed by atoms with van der Waals surface area (Å²) in [6, 6.07) is 0.352. The van der Waals surface area contributed by atoms with Crippen molar-refractivity contribution < 1.29 is 9.21 Å². The van der Waals surface area contributed by atoms with Crippen molar-refractivity contribution in [2.75, 3.05) is 5.32 Å². The van der Waals surface area contributed by atoms with Gasteiger partial charge in [0, 0.05) is 11.3 Å². The molecule has 0 aliphatic heterocycles. The van der Waals surface area contributed by atoms with E-state index in [2.05, 4.69) is 17.2 Å². The van der Waals surface area contributed by atoms with Crippen LogP contribution in [0.25, 0.3) is 0 Å². The Morgan fingerprint density at radius 2 is 2.10 bits per heavy atom. The summed E-state index contributed by atoms with van der Waals surface area (Å²) in [6.07, 6.45) is 11.0. The van der Waals surface area contributed by atoms with E-state index in [4.69, 9.17) is 4.42 Å². The second-order valence-corrected chi connectivity index (χ2v) is 6.85. The van der Waals surface area contributed by atoms with Gasteiger partial charge < -0.3 is 4.42 Å². The maximum Gasteiger partial charge on any atom is 0.301 e. The number of unbranched alkanes of at least 4 members (excludes halogenated alkanes) is 1. The molecule has 2 rings (SSSR count). The van der Waals surface area contributed by atoms with E-state index in [0.717, 1.165) is 25.0 Å². The Morgan fingerprint density at radius 1 is 1.38 bits per heavy atom. The molecule has 4 heteroatoms. The van der Waals surface area contributed by atoms with Gasteiger partial charge in [-0.05, 0) is 19.3 Å². The lowest BCUT2D eigenvalue weighted by Crippen LogP contribution is -2.30. The number of hydrogen-bond donors (Lipinski definition) is 1. The number of nitrogens with one attached hydrogen (secondary N) is 1. The van der Waals surface area contributed by atoms with Gasteiger partial charge in [-0.1, -0.05) is 52.9 Å². The SMILES string of the molecule is CCCCC(C)(C)C(=O)Nc1nc(C2CCCCC2)co1. The molecule has 4 nitrogen and oxygen atoms in total. The van der Waals surface area contributed by atoms with Crippen molar-refractivity contribution >= 4 is 11.9 Å². The van der Waals surface area contributed by atoms with E-state index < -0.39 is 0 Å². The van der Waals surface area contributed by atoms with Crippen LogP contribution < -0.4 is 5.32 Å². The molecule has 1 aromatic heterocycles. The van der Waals surface area contributed by atoms with E-state index in [1.807, 2.05) is 13.8 Å². The van der Waals surface area contributed by atoms with E-state index >= 15 is 0 Å². The average molecular weight is 292 g/mol. The molecule has 0 spiro atoms. The molecule has 1 aromatic rings. The highest BCUT2D eigenvalue weighted by Gasteiger charge is 2.28. The average Bonchev–Trinajstić information content (AvgIpc) is 2.94. The molecule has 21 heavy (non-hydrogen) atoms. The summed E-state index contributed by atoms with van der Waals surface area (Å²) in [6.45, 7) is 6.09. The van der Waals surface area contributed by atoms with E-state index in [1.54, 1.807) is 6.26 Å². The van der Waals surface area contributed by atoms with Gasteiger partial charge in [-0.2, -0.15) is 4.98 Å². The molecular weight excluding hydrogens is 264 g/mol. The smallest absolute Gasteiger partial charge is 0.301 e. The Bertz CT molecular complexity index is 459. The molecule has 1 N–H and O–H groups in total.